The van der Waals surface area contributed by atoms with Gasteiger partial charge in [0, 0.05) is 6.04 Å². The Bertz CT molecular complexity index is 558. The fraction of sp³-hybridized carbons (Fsp3) is 0.462. The van der Waals surface area contributed by atoms with E-state index in [1.165, 1.54) is 0 Å². The molecule has 1 N–H and O–H groups in total. The van der Waals surface area contributed by atoms with Crippen molar-refractivity contribution < 1.29 is 8.42 Å². The van der Waals surface area contributed by atoms with Crippen molar-refractivity contribution in [1.29, 1.82) is 5.26 Å². The second kappa shape index (κ2) is 5.09. The van der Waals surface area contributed by atoms with E-state index in [-0.39, 0.29) is 23.5 Å². The molecular formula is C13H16N2O2S. The number of nitrogens with zero attached hydrogens (tertiary/aromatic N) is 1. The average Bonchev–Trinajstić information content (AvgIpc) is 2.47. The molecule has 1 saturated heterocycles. The minimum atomic E-state index is -3.01. The van der Waals surface area contributed by atoms with Gasteiger partial charge < -0.3 is 5.32 Å². The molecule has 1 aromatic rings. The van der Waals surface area contributed by atoms with Crippen molar-refractivity contribution in [2.24, 2.45) is 5.92 Å². The lowest BCUT2D eigenvalue weighted by Gasteiger charge is -2.16. The van der Waals surface area contributed by atoms with E-state index in [1.807, 2.05) is 19.1 Å². The molecule has 0 aliphatic carbocycles. The van der Waals surface area contributed by atoms with Crippen LogP contribution in [-0.2, 0) is 9.84 Å². The van der Waals surface area contributed by atoms with Gasteiger partial charge in [-0.25, -0.2) is 8.42 Å². The zero-order chi connectivity index (χ0) is 13.2. The fourth-order valence-corrected chi connectivity index (χ4v) is 4.16. The maximum atomic E-state index is 11.9. The molecule has 0 spiro atoms. The van der Waals surface area contributed by atoms with Crippen LogP contribution < -0.4 is 5.32 Å². The van der Waals surface area contributed by atoms with Gasteiger partial charge in [0.05, 0.1) is 23.1 Å². The quantitative estimate of drug-likeness (QED) is 0.829. The summed E-state index contributed by atoms with van der Waals surface area (Å²) in [6, 6.07) is 8.96. The summed E-state index contributed by atoms with van der Waals surface area (Å²) in [5, 5.41) is 12.0. The molecule has 1 aliphatic heterocycles. The van der Waals surface area contributed by atoms with Crippen LogP contribution in [0.25, 0.3) is 0 Å². The SMILES string of the molecule is CC1CNC(c2ccc(C#N)cc2)CS(=O)(=O)C1. The molecule has 1 aliphatic rings. The lowest BCUT2D eigenvalue weighted by molar-refractivity contribution is 0.517. The molecular weight excluding hydrogens is 248 g/mol. The van der Waals surface area contributed by atoms with Crippen LogP contribution in [-0.4, -0.2) is 26.5 Å². The number of hydrogen-bond donors (Lipinski definition) is 1. The topological polar surface area (TPSA) is 70.0 Å². The van der Waals surface area contributed by atoms with Crippen LogP contribution >= 0.6 is 0 Å². The number of hydrogen-bond acceptors (Lipinski definition) is 4. The van der Waals surface area contributed by atoms with E-state index in [4.69, 9.17) is 5.26 Å². The van der Waals surface area contributed by atoms with Crippen LogP contribution in [0, 0.1) is 17.2 Å². The molecule has 2 atom stereocenters. The highest BCUT2D eigenvalue weighted by Crippen LogP contribution is 2.20. The first kappa shape index (κ1) is 13.1. The van der Waals surface area contributed by atoms with Gasteiger partial charge in [-0.05, 0) is 30.2 Å². The highest BCUT2D eigenvalue weighted by atomic mass is 32.2. The van der Waals surface area contributed by atoms with Gasteiger partial charge in [-0.3, -0.25) is 0 Å². The summed E-state index contributed by atoms with van der Waals surface area (Å²) in [6.45, 7) is 2.63. The average molecular weight is 264 g/mol. The Morgan fingerprint density at radius 2 is 1.94 bits per heavy atom. The van der Waals surface area contributed by atoms with E-state index in [0.29, 0.717) is 12.1 Å². The number of nitriles is 1. The van der Waals surface area contributed by atoms with E-state index in [9.17, 15) is 8.42 Å². The van der Waals surface area contributed by atoms with Crippen molar-refractivity contribution in [2.45, 2.75) is 13.0 Å². The standard InChI is InChI=1S/C13H16N2O2S/c1-10-7-15-13(9-18(16,17)8-10)12-4-2-11(6-14)3-5-12/h2-5,10,13,15H,7-9H2,1H3. The molecule has 2 rings (SSSR count). The van der Waals surface area contributed by atoms with Gasteiger partial charge in [0.25, 0.3) is 0 Å². The highest BCUT2D eigenvalue weighted by Gasteiger charge is 2.26. The van der Waals surface area contributed by atoms with E-state index in [0.717, 1.165) is 5.56 Å². The summed E-state index contributed by atoms with van der Waals surface area (Å²) in [6.07, 6.45) is 0. The first-order valence-electron chi connectivity index (χ1n) is 5.94. The monoisotopic (exact) mass is 264 g/mol. The minimum Gasteiger partial charge on any atom is -0.309 e. The Morgan fingerprint density at radius 3 is 2.56 bits per heavy atom. The summed E-state index contributed by atoms with van der Waals surface area (Å²) in [5.41, 5.74) is 1.51. The van der Waals surface area contributed by atoms with Gasteiger partial charge >= 0.3 is 0 Å². The number of rotatable bonds is 1. The minimum absolute atomic E-state index is 0.128. The third-order valence-electron chi connectivity index (χ3n) is 3.11. The van der Waals surface area contributed by atoms with Crippen LogP contribution in [0.4, 0.5) is 0 Å². The molecule has 0 saturated carbocycles. The first-order valence-corrected chi connectivity index (χ1v) is 7.76. The van der Waals surface area contributed by atoms with E-state index < -0.39 is 9.84 Å². The maximum Gasteiger partial charge on any atom is 0.152 e. The van der Waals surface area contributed by atoms with Gasteiger partial charge in [-0.1, -0.05) is 19.1 Å². The molecule has 4 nitrogen and oxygen atoms in total. The second-order valence-electron chi connectivity index (χ2n) is 4.88. The number of nitrogens with one attached hydrogen (secondary N) is 1. The third kappa shape index (κ3) is 3.09. The Labute approximate surface area is 108 Å². The second-order valence-corrected chi connectivity index (χ2v) is 7.03. The fourth-order valence-electron chi connectivity index (χ4n) is 2.22. The van der Waals surface area contributed by atoms with Gasteiger partial charge in [-0.2, -0.15) is 5.26 Å². The Kier molecular flexibility index (Phi) is 3.69. The Balaban J connectivity index is 2.24. The number of benzene rings is 1. The molecule has 96 valence electrons. The zero-order valence-corrected chi connectivity index (χ0v) is 11.1. The van der Waals surface area contributed by atoms with Crippen LogP contribution in [0.3, 0.4) is 0 Å². The summed E-state index contributed by atoms with van der Waals surface area (Å²) in [4.78, 5) is 0. The highest BCUT2D eigenvalue weighted by molar-refractivity contribution is 7.91. The van der Waals surface area contributed by atoms with Crippen molar-refractivity contribution >= 4 is 9.84 Å². The molecule has 1 fully saturated rings. The van der Waals surface area contributed by atoms with Crippen LogP contribution in [0.2, 0.25) is 0 Å². The lowest BCUT2D eigenvalue weighted by atomic mass is 10.1. The maximum absolute atomic E-state index is 11.9. The van der Waals surface area contributed by atoms with Crippen molar-refractivity contribution in [3.63, 3.8) is 0 Å². The molecule has 0 radical (unpaired) electrons. The molecule has 1 aromatic carbocycles. The first-order chi connectivity index (χ1) is 8.50. The third-order valence-corrected chi connectivity index (χ3v) is 5.03. The van der Waals surface area contributed by atoms with Gasteiger partial charge in [0.1, 0.15) is 0 Å². The summed E-state index contributed by atoms with van der Waals surface area (Å²) >= 11 is 0. The van der Waals surface area contributed by atoms with E-state index in [1.54, 1.807) is 12.1 Å². The predicted octanol–water partition coefficient (Wildman–Crippen LogP) is 1.25. The normalized spacial score (nSPS) is 27.1. The predicted molar refractivity (Wildman–Crippen MR) is 69.7 cm³/mol. The molecule has 0 aromatic heterocycles. The van der Waals surface area contributed by atoms with Crippen LogP contribution in [0.1, 0.15) is 24.1 Å². The molecule has 0 bridgehead atoms. The van der Waals surface area contributed by atoms with Gasteiger partial charge in [0.2, 0.25) is 0 Å². The summed E-state index contributed by atoms with van der Waals surface area (Å²) in [5.74, 6) is 0.508. The molecule has 18 heavy (non-hydrogen) atoms. The Hall–Kier alpha value is -1.38. The molecule has 0 amide bonds. The van der Waals surface area contributed by atoms with Crippen LogP contribution in [0.15, 0.2) is 24.3 Å². The summed E-state index contributed by atoms with van der Waals surface area (Å²) in [7, 11) is -3.01. The van der Waals surface area contributed by atoms with Crippen LogP contribution in [0.5, 0.6) is 0 Å². The van der Waals surface area contributed by atoms with Crippen molar-refractivity contribution in [1.82, 2.24) is 5.32 Å². The van der Waals surface area contributed by atoms with E-state index >= 15 is 0 Å². The van der Waals surface area contributed by atoms with Crippen molar-refractivity contribution in [2.75, 3.05) is 18.1 Å². The van der Waals surface area contributed by atoms with Crippen molar-refractivity contribution in [3.05, 3.63) is 35.4 Å². The van der Waals surface area contributed by atoms with Gasteiger partial charge in [-0.15, -0.1) is 0 Å². The molecule has 5 heteroatoms. The molecule has 2 unspecified atom stereocenters. The lowest BCUT2D eigenvalue weighted by Crippen LogP contribution is -2.26. The molecule has 1 heterocycles. The van der Waals surface area contributed by atoms with E-state index in [2.05, 4.69) is 11.4 Å². The zero-order valence-electron chi connectivity index (χ0n) is 10.3. The summed E-state index contributed by atoms with van der Waals surface area (Å²) < 4.78 is 23.8. The number of sulfone groups is 1. The van der Waals surface area contributed by atoms with Crippen molar-refractivity contribution in [3.8, 4) is 6.07 Å². The largest absolute Gasteiger partial charge is 0.309 e. The van der Waals surface area contributed by atoms with Gasteiger partial charge in [0.15, 0.2) is 9.84 Å². The Morgan fingerprint density at radius 1 is 1.28 bits per heavy atom. The smallest absolute Gasteiger partial charge is 0.152 e.